The summed E-state index contributed by atoms with van der Waals surface area (Å²) in [6.07, 6.45) is 3.54. The normalized spacial score (nSPS) is 22.9. The number of rotatable bonds is 3. The van der Waals surface area contributed by atoms with Crippen molar-refractivity contribution in [1.29, 1.82) is 0 Å². The minimum Gasteiger partial charge on any atom is -0.508 e. The van der Waals surface area contributed by atoms with Crippen molar-refractivity contribution in [2.45, 2.75) is 30.2 Å². The molecule has 16 heavy (non-hydrogen) atoms. The van der Waals surface area contributed by atoms with Crippen LogP contribution in [0, 0.1) is 0 Å². The molecule has 1 heterocycles. The zero-order chi connectivity index (χ0) is 11.4. The van der Waals surface area contributed by atoms with Crippen molar-refractivity contribution >= 4 is 10.8 Å². The van der Waals surface area contributed by atoms with Gasteiger partial charge in [-0.05, 0) is 37.6 Å². The monoisotopic (exact) mass is 239 g/mol. The molecule has 1 aliphatic heterocycles. The molecule has 2 unspecified atom stereocenters. The van der Waals surface area contributed by atoms with Crippen LogP contribution in [0.3, 0.4) is 0 Å². The van der Waals surface area contributed by atoms with E-state index < -0.39 is 10.8 Å². The molecule has 2 rings (SSSR count). The highest BCUT2D eigenvalue weighted by Gasteiger charge is 2.16. The van der Waals surface area contributed by atoms with Gasteiger partial charge in [0.15, 0.2) is 0 Å². The van der Waals surface area contributed by atoms with Gasteiger partial charge in [-0.3, -0.25) is 4.21 Å². The van der Waals surface area contributed by atoms with Crippen LogP contribution in [0.1, 0.15) is 19.3 Å². The maximum Gasteiger partial charge on any atom is 0.116 e. The molecule has 2 N–H and O–H groups in total. The molecule has 1 fully saturated rings. The van der Waals surface area contributed by atoms with Crippen molar-refractivity contribution in [2.75, 3.05) is 12.3 Å². The van der Waals surface area contributed by atoms with Crippen molar-refractivity contribution in [1.82, 2.24) is 5.32 Å². The molecular formula is C12H17NO2S. The lowest BCUT2D eigenvalue weighted by molar-refractivity contribution is 0.427. The molecule has 0 aromatic heterocycles. The molecule has 0 bridgehead atoms. The number of nitrogens with one attached hydrogen (secondary N) is 1. The molecule has 88 valence electrons. The standard InChI is InChI=1S/C12H17NO2S/c14-11-5-3-6-12(8-11)16(15)9-10-4-1-2-7-13-10/h3,5-6,8,10,13-14H,1-2,4,7,9H2. The van der Waals surface area contributed by atoms with Gasteiger partial charge in [-0.15, -0.1) is 0 Å². The van der Waals surface area contributed by atoms with Gasteiger partial charge in [0.05, 0.1) is 10.8 Å². The summed E-state index contributed by atoms with van der Waals surface area (Å²) >= 11 is 0. The van der Waals surface area contributed by atoms with Gasteiger partial charge in [0.1, 0.15) is 5.75 Å². The molecule has 0 saturated carbocycles. The fraction of sp³-hybridized carbons (Fsp3) is 0.500. The van der Waals surface area contributed by atoms with Crippen molar-refractivity contribution in [3.8, 4) is 5.75 Å². The van der Waals surface area contributed by atoms with E-state index in [0.29, 0.717) is 16.7 Å². The number of aromatic hydroxyl groups is 1. The minimum absolute atomic E-state index is 0.183. The Labute approximate surface area is 98.3 Å². The Kier molecular flexibility index (Phi) is 3.96. The van der Waals surface area contributed by atoms with Crippen LogP contribution in [-0.4, -0.2) is 27.7 Å². The van der Waals surface area contributed by atoms with E-state index in [4.69, 9.17) is 0 Å². The number of hydrogen-bond acceptors (Lipinski definition) is 3. The Morgan fingerprint density at radius 1 is 1.44 bits per heavy atom. The third kappa shape index (κ3) is 3.06. The Morgan fingerprint density at radius 3 is 3.00 bits per heavy atom. The largest absolute Gasteiger partial charge is 0.508 e. The second kappa shape index (κ2) is 5.46. The van der Waals surface area contributed by atoms with Crippen LogP contribution in [0.2, 0.25) is 0 Å². The molecule has 0 amide bonds. The second-order valence-electron chi connectivity index (χ2n) is 4.16. The van der Waals surface area contributed by atoms with Crippen molar-refractivity contribution in [3.63, 3.8) is 0 Å². The van der Waals surface area contributed by atoms with E-state index in [-0.39, 0.29) is 5.75 Å². The molecule has 4 heteroatoms. The summed E-state index contributed by atoms with van der Waals surface area (Å²) in [5.74, 6) is 0.825. The van der Waals surface area contributed by atoms with Crippen LogP contribution in [0.5, 0.6) is 5.75 Å². The predicted molar refractivity (Wildman–Crippen MR) is 65.0 cm³/mol. The smallest absolute Gasteiger partial charge is 0.116 e. The number of benzene rings is 1. The number of phenols is 1. The van der Waals surface area contributed by atoms with Crippen LogP contribution >= 0.6 is 0 Å². The molecule has 1 aliphatic rings. The fourth-order valence-corrected chi connectivity index (χ4v) is 3.30. The maximum atomic E-state index is 12.0. The molecule has 1 aromatic rings. The SMILES string of the molecule is O=S(CC1CCCCN1)c1cccc(O)c1. The van der Waals surface area contributed by atoms with E-state index in [9.17, 15) is 9.32 Å². The van der Waals surface area contributed by atoms with Crippen LogP contribution < -0.4 is 5.32 Å². The predicted octanol–water partition coefficient (Wildman–Crippen LogP) is 1.64. The first-order valence-electron chi connectivity index (χ1n) is 5.66. The number of hydrogen-bond donors (Lipinski definition) is 2. The van der Waals surface area contributed by atoms with Gasteiger partial charge in [0.2, 0.25) is 0 Å². The highest BCUT2D eigenvalue weighted by molar-refractivity contribution is 7.85. The maximum absolute atomic E-state index is 12.0. The van der Waals surface area contributed by atoms with Crippen LogP contribution in [0.15, 0.2) is 29.2 Å². The van der Waals surface area contributed by atoms with Gasteiger partial charge in [-0.1, -0.05) is 12.5 Å². The summed E-state index contributed by atoms with van der Waals surface area (Å²) in [7, 11) is -1.01. The van der Waals surface area contributed by atoms with E-state index in [0.717, 1.165) is 13.0 Å². The summed E-state index contributed by atoms with van der Waals surface area (Å²) in [6, 6.07) is 7.07. The van der Waals surface area contributed by atoms with Gasteiger partial charge in [0, 0.05) is 16.7 Å². The van der Waals surface area contributed by atoms with Gasteiger partial charge >= 0.3 is 0 Å². The Morgan fingerprint density at radius 2 is 2.31 bits per heavy atom. The van der Waals surface area contributed by atoms with Crippen LogP contribution in [0.25, 0.3) is 0 Å². The van der Waals surface area contributed by atoms with Gasteiger partial charge in [-0.25, -0.2) is 0 Å². The highest BCUT2D eigenvalue weighted by Crippen LogP contribution is 2.16. The van der Waals surface area contributed by atoms with E-state index >= 15 is 0 Å². The molecule has 2 atom stereocenters. The van der Waals surface area contributed by atoms with Gasteiger partial charge < -0.3 is 10.4 Å². The molecule has 3 nitrogen and oxygen atoms in total. The molecular weight excluding hydrogens is 222 g/mol. The van der Waals surface area contributed by atoms with E-state index in [1.165, 1.54) is 12.8 Å². The fourth-order valence-electron chi connectivity index (χ4n) is 1.97. The third-order valence-electron chi connectivity index (χ3n) is 2.85. The second-order valence-corrected chi connectivity index (χ2v) is 5.65. The van der Waals surface area contributed by atoms with Crippen molar-refractivity contribution in [2.24, 2.45) is 0 Å². The van der Waals surface area contributed by atoms with Gasteiger partial charge in [-0.2, -0.15) is 0 Å². The van der Waals surface area contributed by atoms with E-state index in [2.05, 4.69) is 5.32 Å². The number of phenolic OH excluding ortho intramolecular Hbond substituents is 1. The molecule has 0 radical (unpaired) electrons. The van der Waals surface area contributed by atoms with E-state index in [1.54, 1.807) is 24.3 Å². The quantitative estimate of drug-likeness (QED) is 0.843. The summed E-state index contributed by atoms with van der Waals surface area (Å²) in [5.41, 5.74) is 0. The zero-order valence-corrected chi connectivity index (χ0v) is 10.0. The topological polar surface area (TPSA) is 49.3 Å². The first-order chi connectivity index (χ1) is 7.75. The Balaban J connectivity index is 1.97. The minimum atomic E-state index is -1.01. The summed E-state index contributed by atoms with van der Waals surface area (Å²) < 4.78 is 12.0. The Bertz CT molecular complexity index is 375. The van der Waals surface area contributed by atoms with E-state index in [1.807, 2.05) is 0 Å². The summed E-state index contributed by atoms with van der Waals surface area (Å²) in [6.45, 7) is 1.03. The average Bonchev–Trinajstić information content (AvgIpc) is 2.30. The van der Waals surface area contributed by atoms with Gasteiger partial charge in [0.25, 0.3) is 0 Å². The van der Waals surface area contributed by atoms with Crippen molar-refractivity contribution in [3.05, 3.63) is 24.3 Å². The number of piperidine rings is 1. The summed E-state index contributed by atoms with van der Waals surface area (Å²) in [4.78, 5) is 0.715. The lowest BCUT2D eigenvalue weighted by atomic mass is 10.1. The van der Waals surface area contributed by atoms with Crippen LogP contribution in [-0.2, 0) is 10.8 Å². The lowest BCUT2D eigenvalue weighted by Gasteiger charge is -2.22. The first-order valence-corrected chi connectivity index (χ1v) is 6.98. The Hall–Kier alpha value is -0.870. The first kappa shape index (κ1) is 11.6. The highest BCUT2D eigenvalue weighted by atomic mass is 32.2. The summed E-state index contributed by atoms with van der Waals surface area (Å²) in [5, 5.41) is 12.7. The zero-order valence-electron chi connectivity index (χ0n) is 9.19. The third-order valence-corrected chi connectivity index (χ3v) is 4.33. The molecule has 0 aliphatic carbocycles. The molecule has 1 saturated heterocycles. The lowest BCUT2D eigenvalue weighted by Crippen LogP contribution is -2.38. The average molecular weight is 239 g/mol. The molecule has 0 spiro atoms. The van der Waals surface area contributed by atoms with Crippen molar-refractivity contribution < 1.29 is 9.32 Å². The van der Waals surface area contributed by atoms with Crippen LogP contribution in [0.4, 0.5) is 0 Å². The molecule has 1 aromatic carbocycles.